The summed E-state index contributed by atoms with van der Waals surface area (Å²) in [5, 5.41) is 12.6. The lowest BCUT2D eigenvalue weighted by atomic mass is 10.2. The van der Waals surface area contributed by atoms with Crippen LogP contribution in [0.25, 0.3) is 0 Å². The van der Waals surface area contributed by atoms with Crippen molar-refractivity contribution in [3.8, 4) is 11.5 Å². The quantitative estimate of drug-likeness (QED) is 0.683. The van der Waals surface area contributed by atoms with Gasteiger partial charge >= 0.3 is 5.97 Å². The van der Waals surface area contributed by atoms with Crippen molar-refractivity contribution in [3.63, 3.8) is 0 Å². The van der Waals surface area contributed by atoms with Gasteiger partial charge in [0.15, 0.2) is 6.61 Å². The van der Waals surface area contributed by atoms with Crippen LogP contribution in [0, 0.1) is 0 Å². The van der Waals surface area contributed by atoms with Crippen molar-refractivity contribution >= 4 is 35.1 Å². The van der Waals surface area contributed by atoms with Crippen LogP contribution in [0.1, 0.15) is 10.4 Å². The number of benzene rings is 2. The van der Waals surface area contributed by atoms with E-state index in [0.717, 1.165) is 4.90 Å². The van der Waals surface area contributed by atoms with E-state index in [1.165, 1.54) is 32.4 Å². The molecule has 2 amide bonds. The number of phenols is 1. The normalized spacial score (nSPS) is 10.1. The van der Waals surface area contributed by atoms with Crippen LogP contribution >= 0.6 is 11.6 Å². The van der Waals surface area contributed by atoms with E-state index in [-0.39, 0.29) is 22.9 Å². The van der Waals surface area contributed by atoms with Gasteiger partial charge in [0.05, 0.1) is 13.7 Å². The van der Waals surface area contributed by atoms with Gasteiger partial charge in [-0.05, 0) is 30.3 Å². The average Bonchev–Trinajstić information content (AvgIpc) is 2.65. The molecule has 28 heavy (non-hydrogen) atoms. The monoisotopic (exact) mass is 406 g/mol. The Hall–Kier alpha value is -3.26. The average molecular weight is 407 g/mol. The number of amides is 2. The number of esters is 1. The smallest absolute Gasteiger partial charge is 0.342 e. The largest absolute Gasteiger partial charge is 0.507 e. The summed E-state index contributed by atoms with van der Waals surface area (Å²) in [7, 11) is 2.92. The van der Waals surface area contributed by atoms with E-state index in [1.54, 1.807) is 24.3 Å². The van der Waals surface area contributed by atoms with Crippen LogP contribution in [0.5, 0.6) is 11.5 Å². The summed E-state index contributed by atoms with van der Waals surface area (Å²) < 4.78 is 9.95. The predicted octanol–water partition coefficient (Wildman–Crippen LogP) is 2.31. The van der Waals surface area contributed by atoms with E-state index in [2.05, 4.69) is 5.32 Å². The lowest BCUT2D eigenvalue weighted by Crippen LogP contribution is -2.37. The SMILES string of the molecule is COc1cccc(NC(=O)CN(C)C(=O)COC(=O)c2ccc(Cl)cc2O)c1. The van der Waals surface area contributed by atoms with Gasteiger partial charge in [-0.3, -0.25) is 9.59 Å². The highest BCUT2D eigenvalue weighted by molar-refractivity contribution is 6.30. The van der Waals surface area contributed by atoms with Crippen LogP contribution in [0.2, 0.25) is 5.02 Å². The van der Waals surface area contributed by atoms with Gasteiger partial charge in [0, 0.05) is 23.8 Å². The second-order valence-corrected chi connectivity index (χ2v) is 6.20. The van der Waals surface area contributed by atoms with E-state index in [4.69, 9.17) is 21.1 Å². The van der Waals surface area contributed by atoms with Gasteiger partial charge in [0.1, 0.15) is 17.1 Å². The van der Waals surface area contributed by atoms with Crippen LogP contribution in [0.4, 0.5) is 5.69 Å². The predicted molar refractivity (Wildman–Crippen MR) is 103 cm³/mol. The fourth-order valence-corrected chi connectivity index (χ4v) is 2.36. The highest BCUT2D eigenvalue weighted by atomic mass is 35.5. The molecule has 0 spiro atoms. The summed E-state index contributed by atoms with van der Waals surface area (Å²) in [5.74, 6) is -1.65. The van der Waals surface area contributed by atoms with E-state index in [0.29, 0.717) is 11.4 Å². The highest BCUT2D eigenvalue weighted by Gasteiger charge is 2.18. The molecule has 2 aromatic carbocycles. The maximum absolute atomic E-state index is 12.1. The van der Waals surface area contributed by atoms with Crippen molar-refractivity contribution in [3.05, 3.63) is 53.1 Å². The zero-order valence-electron chi connectivity index (χ0n) is 15.3. The van der Waals surface area contributed by atoms with Crippen molar-refractivity contribution in [2.24, 2.45) is 0 Å². The van der Waals surface area contributed by atoms with Crippen LogP contribution in [0.3, 0.4) is 0 Å². The zero-order valence-corrected chi connectivity index (χ0v) is 16.0. The minimum atomic E-state index is -0.878. The topological polar surface area (TPSA) is 105 Å². The molecule has 0 fully saturated rings. The molecule has 0 radical (unpaired) electrons. The molecule has 0 aromatic heterocycles. The molecule has 0 aliphatic carbocycles. The van der Waals surface area contributed by atoms with Gasteiger partial charge < -0.3 is 24.8 Å². The summed E-state index contributed by atoms with van der Waals surface area (Å²) in [6, 6.07) is 10.7. The lowest BCUT2D eigenvalue weighted by Gasteiger charge is -2.17. The Morgan fingerprint density at radius 1 is 1.18 bits per heavy atom. The van der Waals surface area contributed by atoms with Crippen LogP contribution in [0.15, 0.2) is 42.5 Å². The fraction of sp³-hybridized carbons (Fsp3) is 0.211. The Morgan fingerprint density at radius 2 is 1.93 bits per heavy atom. The van der Waals surface area contributed by atoms with Crippen molar-refractivity contribution < 1.29 is 29.0 Å². The van der Waals surface area contributed by atoms with Gasteiger partial charge in [-0.15, -0.1) is 0 Å². The first kappa shape index (κ1) is 21.0. The molecule has 0 aliphatic heterocycles. The number of halogens is 1. The molecule has 0 atom stereocenters. The number of ether oxygens (including phenoxy) is 2. The van der Waals surface area contributed by atoms with Crippen LogP contribution in [-0.2, 0) is 14.3 Å². The number of anilines is 1. The molecular weight excluding hydrogens is 388 g/mol. The van der Waals surface area contributed by atoms with E-state index < -0.39 is 24.4 Å². The number of nitrogens with one attached hydrogen (secondary N) is 1. The lowest BCUT2D eigenvalue weighted by molar-refractivity contribution is -0.136. The number of hydrogen-bond donors (Lipinski definition) is 2. The first-order chi connectivity index (χ1) is 13.3. The Morgan fingerprint density at radius 3 is 2.61 bits per heavy atom. The van der Waals surface area contributed by atoms with Gasteiger partial charge in [0.2, 0.25) is 5.91 Å². The van der Waals surface area contributed by atoms with Crippen LogP contribution < -0.4 is 10.1 Å². The fourth-order valence-electron chi connectivity index (χ4n) is 2.20. The molecule has 0 heterocycles. The number of phenolic OH excluding ortho intramolecular Hbond substituents is 1. The third-order valence-corrected chi connectivity index (χ3v) is 3.90. The second-order valence-electron chi connectivity index (χ2n) is 5.77. The molecular formula is C19H19ClN2O6. The number of methoxy groups -OCH3 is 1. The van der Waals surface area contributed by atoms with Gasteiger partial charge in [-0.2, -0.15) is 0 Å². The number of rotatable bonds is 7. The molecule has 2 aromatic rings. The van der Waals surface area contributed by atoms with E-state index >= 15 is 0 Å². The van der Waals surface area contributed by atoms with Gasteiger partial charge in [-0.25, -0.2) is 4.79 Å². The van der Waals surface area contributed by atoms with Gasteiger partial charge in [0.25, 0.3) is 5.91 Å². The minimum absolute atomic E-state index is 0.115. The molecule has 0 saturated carbocycles. The standard InChI is InChI=1S/C19H19ClN2O6/c1-22(10-17(24)21-13-4-3-5-14(9-13)27-2)18(25)11-28-19(26)15-7-6-12(20)8-16(15)23/h3-9,23H,10-11H2,1-2H3,(H,21,24). The van der Waals surface area contributed by atoms with Crippen molar-refractivity contribution in [1.29, 1.82) is 0 Å². The Labute approximate surface area is 166 Å². The molecule has 148 valence electrons. The van der Waals surface area contributed by atoms with E-state index in [9.17, 15) is 19.5 Å². The first-order valence-electron chi connectivity index (χ1n) is 8.13. The third kappa shape index (κ3) is 5.88. The zero-order chi connectivity index (χ0) is 20.7. The molecule has 0 unspecified atom stereocenters. The number of carbonyl (C=O) groups is 3. The second kappa shape index (κ2) is 9.61. The first-order valence-corrected chi connectivity index (χ1v) is 8.51. The maximum Gasteiger partial charge on any atom is 0.342 e. The number of aromatic hydroxyl groups is 1. The molecule has 0 bridgehead atoms. The number of likely N-dealkylation sites (N-methyl/N-ethyl adjacent to an activating group) is 1. The summed E-state index contributed by atoms with van der Waals surface area (Å²) in [6.45, 7) is -0.816. The summed E-state index contributed by atoms with van der Waals surface area (Å²) in [4.78, 5) is 37.2. The van der Waals surface area contributed by atoms with Crippen molar-refractivity contribution in [1.82, 2.24) is 4.90 Å². The minimum Gasteiger partial charge on any atom is -0.507 e. The Balaban J connectivity index is 1.84. The Bertz CT molecular complexity index is 886. The molecule has 8 nitrogen and oxygen atoms in total. The van der Waals surface area contributed by atoms with Gasteiger partial charge in [-0.1, -0.05) is 17.7 Å². The summed E-state index contributed by atoms with van der Waals surface area (Å²) in [6.07, 6.45) is 0. The number of hydrogen-bond acceptors (Lipinski definition) is 6. The number of carbonyl (C=O) groups excluding carboxylic acids is 3. The maximum atomic E-state index is 12.1. The highest BCUT2D eigenvalue weighted by Crippen LogP contribution is 2.22. The van der Waals surface area contributed by atoms with Crippen molar-refractivity contribution in [2.45, 2.75) is 0 Å². The molecule has 0 aliphatic rings. The van der Waals surface area contributed by atoms with E-state index in [1.807, 2.05) is 0 Å². The number of nitrogens with zero attached hydrogens (tertiary/aromatic N) is 1. The summed E-state index contributed by atoms with van der Waals surface area (Å²) in [5.41, 5.74) is 0.408. The summed E-state index contributed by atoms with van der Waals surface area (Å²) >= 11 is 5.70. The molecule has 2 N–H and O–H groups in total. The third-order valence-electron chi connectivity index (χ3n) is 3.67. The molecule has 2 rings (SSSR count). The Kier molecular flexibility index (Phi) is 7.22. The molecule has 0 saturated heterocycles. The van der Waals surface area contributed by atoms with Crippen molar-refractivity contribution in [2.75, 3.05) is 32.6 Å². The molecule has 9 heteroatoms. The van der Waals surface area contributed by atoms with Crippen LogP contribution in [-0.4, -0.2) is 55.1 Å².